The van der Waals surface area contributed by atoms with Gasteiger partial charge in [0.1, 0.15) is 27.5 Å². The third-order valence-corrected chi connectivity index (χ3v) is 11.8. The van der Waals surface area contributed by atoms with Crippen molar-refractivity contribution in [2.45, 2.75) is 30.6 Å². The molecule has 38 heavy (non-hydrogen) atoms. The van der Waals surface area contributed by atoms with Gasteiger partial charge in [0, 0.05) is 31.4 Å². The minimum absolute atomic E-state index is 0.0692. The number of sulfonamides is 2. The van der Waals surface area contributed by atoms with Crippen molar-refractivity contribution >= 4 is 37.6 Å². The number of amides is 1. The molecule has 1 amide bonds. The zero-order chi connectivity index (χ0) is 28.1. The number of carbonyl (C=O) groups excluding carboxylic acids is 1. The lowest BCUT2D eigenvalue weighted by Crippen LogP contribution is -2.66. The Morgan fingerprint density at radius 1 is 1.29 bits per heavy atom. The highest BCUT2D eigenvalue weighted by molar-refractivity contribution is 7.91. The lowest BCUT2D eigenvalue weighted by molar-refractivity contribution is 0.102. The van der Waals surface area contributed by atoms with E-state index in [2.05, 4.69) is 15.3 Å². The van der Waals surface area contributed by atoms with Crippen molar-refractivity contribution in [3.8, 4) is 5.75 Å². The topological polar surface area (TPSA) is 164 Å². The predicted octanol–water partition coefficient (Wildman–Crippen LogP) is 1.08. The molecule has 3 N–H and O–H groups in total. The summed E-state index contributed by atoms with van der Waals surface area (Å²) in [5, 5.41) is 2.63. The Balaban J connectivity index is 1.81. The third kappa shape index (κ3) is 4.18. The molecule has 0 saturated carbocycles. The van der Waals surface area contributed by atoms with Gasteiger partial charge >= 0.3 is 0 Å². The number of anilines is 1. The Hall–Kier alpha value is -3.30. The summed E-state index contributed by atoms with van der Waals surface area (Å²) in [5.41, 5.74) is 4.22. The number of rotatable bonds is 6. The van der Waals surface area contributed by atoms with Crippen LogP contribution in [0, 0.1) is 5.82 Å². The maximum atomic E-state index is 15.5. The number of carbonyl (C=O) groups is 1. The zero-order valence-corrected chi connectivity index (χ0v) is 22.9. The van der Waals surface area contributed by atoms with Crippen molar-refractivity contribution < 1.29 is 30.8 Å². The number of guanidine groups is 1. The number of methoxy groups -OCH3 is 1. The molecule has 2 aliphatic rings. The van der Waals surface area contributed by atoms with Gasteiger partial charge in [0.2, 0.25) is 26.0 Å². The quantitative estimate of drug-likeness (QED) is 0.523. The van der Waals surface area contributed by atoms with E-state index in [0.29, 0.717) is 5.75 Å². The van der Waals surface area contributed by atoms with Gasteiger partial charge in [-0.3, -0.25) is 4.79 Å². The molecular weight excluding hydrogens is 539 g/mol. The molecule has 1 fully saturated rings. The minimum atomic E-state index is -4.31. The fraction of sp³-hybridized carbons (Fsp3) is 0.435. The number of halogens is 1. The molecule has 4 rings (SSSR count). The van der Waals surface area contributed by atoms with Crippen molar-refractivity contribution in [1.82, 2.24) is 13.6 Å². The van der Waals surface area contributed by atoms with E-state index in [-0.39, 0.29) is 41.6 Å². The molecule has 1 aromatic carbocycles. The zero-order valence-electron chi connectivity index (χ0n) is 21.3. The standard InChI is InChI=1S/C23H29FN6O6S2/c1-5-37(32,33)30-11-10-23(14-30)22(2,28-21(25)29(3)38(23,34)35)17-12-15(6-8-18(17)24)27-20(31)19-9-7-16(36-4)13-26-19/h6-9,12-13H,5,10-11,14H2,1-4H3,(H2,25,28)(H,27,31)/t22-,23-/m1/s1. The highest BCUT2D eigenvalue weighted by atomic mass is 32.2. The largest absolute Gasteiger partial charge is 0.495 e. The smallest absolute Gasteiger partial charge is 0.274 e. The predicted molar refractivity (Wildman–Crippen MR) is 139 cm³/mol. The molecule has 1 spiro atoms. The molecule has 1 saturated heterocycles. The average molecular weight is 569 g/mol. The third-order valence-electron chi connectivity index (χ3n) is 7.31. The summed E-state index contributed by atoms with van der Waals surface area (Å²) in [6.45, 7) is 2.35. The second kappa shape index (κ2) is 9.47. The van der Waals surface area contributed by atoms with E-state index in [4.69, 9.17) is 10.5 Å². The first kappa shape index (κ1) is 27.7. The van der Waals surface area contributed by atoms with Crippen LogP contribution in [-0.2, 0) is 25.6 Å². The lowest BCUT2D eigenvalue weighted by atomic mass is 9.78. The first-order valence-electron chi connectivity index (χ1n) is 11.7. The molecule has 0 unspecified atom stereocenters. The molecule has 12 nitrogen and oxygen atoms in total. The first-order chi connectivity index (χ1) is 17.7. The Morgan fingerprint density at radius 2 is 2.00 bits per heavy atom. The summed E-state index contributed by atoms with van der Waals surface area (Å²) in [6, 6.07) is 6.69. The molecule has 0 radical (unpaired) electrons. The SMILES string of the molecule is CCS(=O)(=O)N1CC[C@@]2(C1)[C@@](C)(c1cc(NC(=O)c3ccc(OC)cn3)ccc1F)N=C(N)N(C)S2(=O)=O. The van der Waals surface area contributed by atoms with Crippen LogP contribution in [0.15, 0.2) is 41.5 Å². The highest BCUT2D eigenvalue weighted by Crippen LogP contribution is 2.52. The lowest BCUT2D eigenvalue weighted by Gasteiger charge is -2.48. The van der Waals surface area contributed by atoms with E-state index < -0.39 is 48.6 Å². The molecule has 1 aromatic heterocycles. The first-order valence-corrected chi connectivity index (χ1v) is 14.7. The number of pyridine rings is 1. The van der Waals surface area contributed by atoms with Crippen LogP contribution in [0.1, 0.15) is 36.3 Å². The monoisotopic (exact) mass is 568 g/mol. The number of aromatic nitrogens is 1. The molecule has 0 bridgehead atoms. The summed E-state index contributed by atoms with van der Waals surface area (Å²) < 4.78 is 73.6. The van der Waals surface area contributed by atoms with Gasteiger partial charge in [-0.2, -0.15) is 0 Å². The fourth-order valence-electron chi connectivity index (χ4n) is 4.93. The van der Waals surface area contributed by atoms with E-state index in [1.54, 1.807) is 6.07 Å². The van der Waals surface area contributed by atoms with Gasteiger partial charge in [-0.15, -0.1) is 0 Å². The van der Waals surface area contributed by atoms with E-state index in [1.165, 1.54) is 52.4 Å². The van der Waals surface area contributed by atoms with Crippen LogP contribution in [0.5, 0.6) is 5.75 Å². The number of nitrogens with zero attached hydrogens (tertiary/aromatic N) is 4. The van der Waals surface area contributed by atoms with Gasteiger partial charge in [-0.25, -0.2) is 39.8 Å². The van der Waals surface area contributed by atoms with Crippen molar-refractivity contribution in [2.75, 3.05) is 38.3 Å². The number of nitrogens with two attached hydrogens (primary N) is 1. The average Bonchev–Trinajstić information content (AvgIpc) is 3.37. The Bertz CT molecular complexity index is 1520. The van der Waals surface area contributed by atoms with Crippen LogP contribution in [0.3, 0.4) is 0 Å². The van der Waals surface area contributed by atoms with Crippen LogP contribution >= 0.6 is 0 Å². The van der Waals surface area contributed by atoms with E-state index in [9.17, 15) is 21.6 Å². The van der Waals surface area contributed by atoms with Gasteiger partial charge in [-0.1, -0.05) is 0 Å². The van der Waals surface area contributed by atoms with Crippen LogP contribution in [0.25, 0.3) is 0 Å². The Labute approximate surface area is 220 Å². The van der Waals surface area contributed by atoms with Gasteiger partial charge in [0.15, 0.2) is 0 Å². The number of ether oxygens (including phenoxy) is 1. The number of benzene rings is 1. The van der Waals surface area contributed by atoms with Crippen molar-refractivity contribution in [2.24, 2.45) is 10.7 Å². The molecule has 15 heteroatoms. The fourth-order valence-corrected chi connectivity index (χ4v) is 8.30. The Morgan fingerprint density at radius 3 is 2.61 bits per heavy atom. The Kier molecular flexibility index (Phi) is 6.91. The molecular formula is C23H29FN6O6S2. The number of hydrogen-bond acceptors (Lipinski definition) is 9. The summed E-state index contributed by atoms with van der Waals surface area (Å²) in [5.74, 6) is -1.52. The molecule has 3 heterocycles. The van der Waals surface area contributed by atoms with Crippen LogP contribution < -0.4 is 15.8 Å². The number of hydrogen-bond donors (Lipinski definition) is 2. The van der Waals surface area contributed by atoms with E-state index >= 15 is 4.39 Å². The van der Waals surface area contributed by atoms with Gasteiger partial charge in [0.05, 0.1) is 19.1 Å². The molecule has 2 aromatic rings. The highest BCUT2D eigenvalue weighted by Gasteiger charge is 2.67. The van der Waals surface area contributed by atoms with E-state index in [1.807, 2.05) is 0 Å². The summed E-state index contributed by atoms with van der Waals surface area (Å²) >= 11 is 0. The summed E-state index contributed by atoms with van der Waals surface area (Å²) in [7, 11) is -5.38. The molecule has 2 aliphatic heterocycles. The maximum absolute atomic E-state index is 15.5. The minimum Gasteiger partial charge on any atom is -0.495 e. The summed E-state index contributed by atoms with van der Waals surface area (Å²) in [4.78, 5) is 21.2. The number of aliphatic imine (C=N–C) groups is 1. The molecule has 2 atom stereocenters. The summed E-state index contributed by atoms with van der Waals surface area (Å²) in [6.07, 6.45) is 1.23. The van der Waals surface area contributed by atoms with Crippen LogP contribution in [0.4, 0.5) is 10.1 Å². The second-order valence-electron chi connectivity index (χ2n) is 9.23. The maximum Gasteiger partial charge on any atom is 0.274 e. The molecule has 0 aliphatic carbocycles. The van der Waals surface area contributed by atoms with Gasteiger partial charge in [-0.05, 0) is 50.6 Å². The van der Waals surface area contributed by atoms with Crippen molar-refractivity contribution in [3.63, 3.8) is 0 Å². The van der Waals surface area contributed by atoms with Gasteiger partial charge < -0.3 is 15.8 Å². The number of nitrogens with one attached hydrogen (secondary N) is 1. The van der Waals surface area contributed by atoms with Crippen LogP contribution in [-0.4, -0.2) is 80.0 Å². The van der Waals surface area contributed by atoms with Gasteiger partial charge in [0.25, 0.3) is 5.91 Å². The van der Waals surface area contributed by atoms with Crippen molar-refractivity contribution in [3.05, 3.63) is 53.6 Å². The normalized spacial score (nSPS) is 25.3. The second-order valence-corrected chi connectivity index (χ2v) is 13.8. The molecule has 206 valence electrons. The van der Waals surface area contributed by atoms with Crippen molar-refractivity contribution in [1.29, 1.82) is 0 Å². The van der Waals surface area contributed by atoms with Crippen LogP contribution in [0.2, 0.25) is 0 Å². The van der Waals surface area contributed by atoms with E-state index in [0.717, 1.165) is 14.7 Å².